The number of hydrogen-bond acceptors (Lipinski definition) is 1. The highest BCUT2D eigenvalue weighted by atomic mass is 79.9. The number of nitrogens with one attached hydrogen (secondary N) is 1. The van der Waals surface area contributed by atoms with Gasteiger partial charge in [0, 0.05) is 16.1 Å². The summed E-state index contributed by atoms with van der Waals surface area (Å²) in [4.78, 5) is 7.43. The SMILES string of the molecule is Fc1ccc(F)c(-c2nc3cc[n+](Cc4ccc(Br)cc4)cc3[nH]2)c1. The minimum atomic E-state index is -0.511. The zero-order valence-electron chi connectivity index (χ0n) is 13.0. The Balaban J connectivity index is 1.69. The third kappa shape index (κ3) is 3.30. The number of hydrogen-bond donors (Lipinski definition) is 1. The minimum Gasteiger partial charge on any atom is -0.333 e. The van der Waals surface area contributed by atoms with Crippen molar-refractivity contribution in [1.82, 2.24) is 9.97 Å². The van der Waals surface area contributed by atoms with Crippen molar-refractivity contribution < 1.29 is 13.3 Å². The van der Waals surface area contributed by atoms with E-state index in [9.17, 15) is 8.78 Å². The summed E-state index contributed by atoms with van der Waals surface area (Å²) >= 11 is 3.42. The largest absolute Gasteiger partial charge is 0.333 e. The van der Waals surface area contributed by atoms with Gasteiger partial charge in [0.05, 0.1) is 5.56 Å². The lowest BCUT2D eigenvalue weighted by molar-refractivity contribution is -0.687. The molecule has 0 unspecified atom stereocenters. The van der Waals surface area contributed by atoms with Crippen molar-refractivity contribution in [3.05, 3.63) is 82.6 Å². The van der Waals surface area contributed by atoms with Crippen LogP contribution in [0.25, 0.3) is 22.4 Å². The zero-order valence-corrected chi connectivity index (χ0v) is 14.6. The first-order valence-electron chi connectivity index (χ1n) is 7.67. The van der Waals surface area contributed by atoms with Crippen LogP contribution in [0.5, 0.6) is 0 Å². The molecule has 0 fully saturated rings. The van der Waals surface area contributed by atoms with Gasteiger partial charge in [-0.1, -0.05) is 28.1 Å². The fraction of sp³-hybridized carbons (Fsp3) is 0.0526. The molecule has 0 saturated carbocycles. The number of benzene rings is 2. The van der Waals surface area contributed by atoms with Crippen LogP contribution in [0, 0.1) is 11.6 Å². The van der Waals surface area contributed by atoms with E-state index >= 15 is 0 Å². The van der Waals surface area contributed by atoms with E-state index in [1.807, 2.05) is 47.3 Å². The first kappa shape index (κ1) is 15.9. The van der Waals surface area contributed by atoms with E-state index in [2.05, 4.69) is 25.9 Å². The van der Waals surface area contributed by atoms with Gasteiger partial charge in [-0.2, -0.15) is 4.57 Å². The van der Waals surface area contributed by atoms with Gasteiger partial charge in [-0.3, -0.25) is 0 Å². The highest BCUT2D eigenvalue weighted by Crippen LogP contribution is 2.23. The molecule has 0 spiro atoms. The molecule has 0 amide bonds. The molecule has 1 N–H and O–H groups in total. The number of aromatic nitrogens is 3. The molecule has 4 aromatic rings. The van der Waals surface area contributed by atoms with E-state index in [-0.39, 0.29) is 5.56 Å². The summed E-state index contributed by atoms with van der Waals surface area (Å²) in [7, 11) is 0. The van der Waals surface area contributed by atoms with Gasteiger partial charge in [0.15, 0.2) is 18.9 Å². The third-order valence-electron chi connectivity index (χ3n) is 3.94. The average Bonchev–Trinajstić information content (AvgIpc) is 3.02. The van der Waals surface area contributed by atoms with Crippen LogP contribution < -0.4 is 4.57 Å². The van der Waals surface area contributed by atoms with Crippen LogP contribution in [-0.4, -0.2) is 9.97 Å². The molecule has 2 heterocycles. The number of rotatable bonds is 3. The molecular formula is C19H13BrF2N3+. The maximum absolute atomic E-state index is 13.9. The monoisotopic (exact) mass is 400 g/mol. The Kier molecular flexibility index (Phi) is 4.05. The van der Waals surface area contributed by atoms with Gasteiger partial charge in [0.25, 0.3) is 0 Å². The topological polar surface area (TPSA) is 32.6 Å². The maximum Gasteiger partial charge on any atom is 0.195 e. The lowest BCUT2D eigenvalue weighted by atomic mass is 10.2. The molecule has 25 heavy (non-hydrogen) atoms. The summed E-state index contributed by atoms with van der Waals surface area (Å²) < 4.78 is 30.4. The summed E-state index contributed by atoms with van der Waals surface area (Å²) in [6.45, 7) is 0.700. The smallest absolute Gasteiger partial charge is 0.195 e. The molecule has 0 aliphatic rings. The van der Waals surface area contributed by atoms with Crippen LogP contribution >= 0.6 is 15.9 Å². The van der Waals surface area contributed by atoms with E-state index < -0.39 is 11.6 Å². The van der Waals surface area contributed by atoms with Crippen molar-refractivity contribution in [1.29, 1.82) is 0 Å². The van der Waals surface area contributed by atoms with E-state index in [4.69, 9.17) is 0 Å². The highest BCUT2D eigenvalue weighted by molar-refractivity contribution is 9.10. The molecule has 124 valence electrons. The van der Waals surface area contributed by atoms with Crippen molar-refractivity contribution >= 4 is 27.0 Å². The van der Waals surface area contributed by atoms with Crippen LogP contribution in [0.2, 0.25) is 0 Å². The van der Waals surface area contributed by atoms with Crippen molar-refractivity contribution in [3.63, 3.8) is 0 Å². The van der Waals surface area contributed by atoms with Crippen LogP contribution in [0.4, 0.5) is 8.78 Å². The molecule has 0 aliphatic carbocycles. The first-order valence-corrected chi connectivity index (χ1v) is 8.46. The van der Waals surface area contributed by atoms with Crippen LogP contribution in [0.15, 0.2) is 65.4 Å². The fourth-order valence-electron chi connectivity index (χ4n) is 2.71. The van der Waals surface area contributed by atoms with Gasteiger partial charge < -0.3 is 4.98 Å². The van der Waals surface area contributed by atoms with Gasteiger partial charge in [-0.05, 0) is 30.3 Å². The van der Waals surface area contributed by atoms with Crippen LogP contribution in [0.1, 0.15) is 5.56 Å². The molecule has 3 nitrogen and oxygen atoms in total. The van der Waals surface area contributed by atoms with E-state index in [0.29, 0.717) is 17.9 Å². The first-order chi connectivity index (χ1) is 12.1. The normalized spacial score (nSPS) is 11.2. The molecule has 6 heteroatoms. The zero-order chi connectivity index (χ0) is 17.4. The standard InChI is InChI=1S/C19H12BrF2N3/c20-13-3-1-12(2-4-13)10-25-8-7-17-18(11-25)24-19(23-17)15-9-14(21)5-6-16(15)22/h1-9,11H,10H2/p+1. The highest BCUT2D eigenvalue weighted by Gasteiger charge is 2.13. The predicted molar refractivity (Wildman–Crippen MR) is 94.9 cm³/mol. The van der Waals surface area contributed by atoms with Crippen molar-refractivity contribution in [2.24, 2.45) is 0 Å². The number of pyridine rings is 1. The second kappa shape index (κ2) is 6.37. The molecule has 0 saturated heterocycles. The quantitative estimate of drug-likeness (QED) is 0.500. The number of aromatic amines is 1. The van der Waals surface area contributed by atoms with Crippen molar-refractivity contribution in [3.8, 4) is 11.4 Å². The number of imidazole rings is 1. The summed E-state index contributed by atoms with van der Waals surface area (Å²) in [5, 5.41) is 0. The maximum atomic E-state index is 13.9. The number of H-pyrrole nitrogens is 1. The van der Waals surface area contributed by atoms with Crippen LogP contribution in [-0.2, 0) is 6.54 Å². The molecule has 2 aromatic carbocycles. The molecule has 2 aromatic heterocycles. The number of nitrogens with zero attached hydrogens (tertiary/aromatic N) is 2. The van der Waals surface area contributed by atoms with Crippen molar-refractivity contribution in [2.45, 2.75) is 6.54 Å². The lowest BCUT2D eigenvalue weighted by Gasteiger charge is -1.98. The molecule has 0 aliphatic heterocycles. The second-order valence-corrected chi connectivity index (χ2v) is 6.67. The van der Waals surface area contributed by atoms with Gasteiger partial charge in [0.1, 0.15) is 28.5 Å². The minimum absolute atomic E-state index is 0.121. The van der Waals surface area contributed by atoms with Crippen molar-refractivity contribution in [2.75, 3.05) is 0 Å². The number of fused-ring (bicyclic) bond motifs is 1. The molecule has 4 rings (SSSR count). The Bertz CT molecular complexity index is 1060. The average molecular weight is 401 g/mol. The van der Waals surface area contributed by atoms with Gasteiger partial charge in [0.2, 0.25) is 0 Å². The summed E-state index contributed by atoms with van der Waals surface area (Å²) in [5.74, 6) is -0.696. The summed E-state index contributed by atoms with van der Waals surface area (Å²) in [5.41, 5.74) is 2.74. The Morgan fingerprint density at radius 3 is 2.64 bits per heavy atom. The predicted octanol–water partition coefficient (Wildman–Crippen LogP) is 4.61. The Hall–Kier alpha value is -2.60. The van der Waals surface area contributed by atoms with E-state index in [1.54, 1.807) is 0 Å². The van der Waals surface area contributed by atoms with Gasteiger partial charge in [-0.15, -0.1) is 0 Å². The molecular weight excluding hydrogens is 388 g/mol. The van der Waals surface area contributed by atoms with E-state index in [0.717, 1.165) is 33.8 Å². The Morgan fingerprint density at radius 2 is 1.84 bits per heavy atom. The number of halogens is 3. The Labute approximate surface area is 151 Å². The van der Waals surface area contributed by atoms with E-state index in [1.165, 1.54) is 0 Å². The fourth-order valence-corrected chi connectivity index (χ4v) is 2.97. The lowest BCUT2D eigenvalue weighted by Crippen LogP contribution is -2.33. The van der Waals surface area contributed by atoms with Gasteiger partial charge in [-0.25, -0.2) is 13.8 Å². The van der Waals surface area contributed by atoms with Gasteiger partial charge >= 0.3 is 0 Å². The second-order valence-electron chi connectivity index (χ2n) is 5.75. The summed E-state index contributed by atoms with van der Waals surface area (Å²) in [6, 6.07) is 13.3. The molecule has 0 atom stereocenters. The molecule has 0 bridgehead atoms. The Morgan fingerprint density at radius 1 is 1.04 bits per heavy atom. The van der Waals surface area contributed by atoms with Crippen LogP contribution in [0.3, 0.4) is 0 Å². The molecule has 0 radical (unpaired) electrons. The summed E-state index contributed by atoms with van der Waals surface area (Å²) in [6.07, 6.45) is 3.82. The third-order valence-corrected chi connectivity index (χ3v) is 4.47.